The van der Waals surface area contributed by atoms with Crippen LogP contribution in [0.4, 0.5) is 5.69 Å². The molecule has 0 spiro atoms. The van der Waals surface area contributed by atoms with Gasteiger partial charge in [0.1, 0.15) is 0 Å². The van der Waals surface area contributed by atoms with Crippen LogP contribution >= 0.6 is 0 Å². The number of carbonyl (C=O) groups excluding carboxylic acids is 1. The van der Waals surface area contributed by atoms with Crippen molar-refractivity contribution < 1.29 is 9.90 Å². The molecule has 0 aliphatic heterocycles. The van der Waals surface area contributed by atoms with E-state index >= 15 is 0 Å². The number of amides is 1. The Labute approximate surface area is 132 Å². The topological polar surface area (TPSA) is 67.6 Å². The SMILES string of the molecule is Cc1cccc(N(CCC#N)C(=O)CN(C)C(C)CO)c1C. The number of carbonyl (C=O) groups is 1. The number of hydrogen-bond donors (Lipinski definition) is 1. The number of aliphatic hydroxyl groups is 1. The highest BCUT2D eigenvalue weighted by atomic mass is 16.3. The summed E-state index contributed by atoms with van der Waals surface area (Å²) in [7, 11) is 1.81. The van der Waals surface area contributed by atoms with Crippen LogP contribution in [0.3, 0.4) is 0 Å². The Kier molecular flexibility index (Phi) is 7.03. The standard InChI is InChI=1S/C17H25N3O2/c1-13-7-5-8-16(15(13)3)20(10-6-9-18)17(22)11-19(4)14(2)12-21/h5,7-8,14,21H,6,10-12H2,1-4H3. The van der Waals surface area contributed by atoms with Gasteiger partial charge in [0.2, 0.25) is 5.91 Å². The summed E-state index contributed by atoms with van der Waals surface area (Å²) < 4.78 is 0. The minimum atomic E-state index is -0.0830. The van der Waals surface area contributed by atoms with Crippen LogP contribution in [0.1, 0.15) is 24.5 Å². The second kappa shape index (κ2) is 8.52. The fourth-order valence-electron chi connectivity index (χ4n) is 2.16. The average Bonchev–Trinajstić information content (AvgIpc) is 2.50. The molecular formula is C17H25N3O2. The summed E-state index contributed by atoms with van der Waals surface area (Å²) in [6.07, 6.45) is 0.290. The molecule has 1 rings (SSSR count). The van der Waals surface area contributed by atoms with E-state index in [2.05, 4.69) is 6.07 Å². The Bertz CT molecular complexity index is 551. The molecule has 22 heavy (non-hydrogen) atoms. The van der Waals surface area contributed by atoms with Crippen molar-refractivity contribution in [3.63, 3.8) is 0 Å². The maximum absolute atomic E-state index is 12.6. The van der Waals surface area contributed by atoms with E-state index in [1.54, 1.807) is 4.90 Å². The molecule has 0 bridgehead atoms. The van der Waals surface area contributed by atoms with Gasteiger partial charge >= 0.3 is 0 Å². The fraction of sp³-hybridized carbons (Fsp3) is 0.529. The molecule has 1 aromatic rings. The van der Waals surface area contributed by atoms with Gasteiger partial charge in [-0.25, -0.2) is 0 Å². The lowest BCUT2D eigenvalue weighted by Crippen LogP contribution is -2.43. The summed E-state index contributed by atoms with van der Waals surface area (Å²) in [6, 6.07) is 7.85. The van der Waals surface area contributed by atoms with Gasteiger partial charge in [-0.05, 0) is 45.0 Å². The third-order valence-corrected chi connectivity index (χ3v) is 4.02. The van der Waals surface area contributed by atoms with Gasteiger partial charge in [-0.1, -0.05) is 12.1 Å². The van der Waals surface area contributed by atoms with Crippen molar-refractivity contribution in [3.05, 3.63) is 29.3 Å². The number of rotatable bonds is 7. The van der Waals surface area contributed by atoms with E-state index in [4.69, 9.17) is 5.26 Å². The van der Waals surface area contributed by atoms with Gasteiger partial charge in [-0.3, -0.25) is 9.69 Å². The molecule has 1 atom stereocenters. The Morgan fingerprint density at radius 3 is 2.68 bits per heavy atom. The Morgan fingerprint density at radius 1 is 1.41 bits per heavy atom. The molecule has 0 aliphatic rings. The van der Waals surface area contributed by atoms with E-state index in [-0.39, 0.29) is 25.1 Å². The number of anilines is 1. The van der Waals surface area contributed by atoms with Crippen molar-refractivity contribution in [1.29, 1.82) is 5.26 Å². The third-order valence-electron chi connectivity index (χ3n) is 4.02. The number of likely N-dealkylation sites (N-methyl/N-ethyl adjacent to an activating group) is 1. The normalized spacial score (nSPS) is 12.0. The van der Waals surface area contributed by atoms with Gasteiger partial charge in [0.25, 0.3) is 0 Å². The Hall–Kier alpha value is -1.90. The molecule has 120 valence electrons. The van der Waals surface area contributed by atoms with Gasteiger partial charge < -0.3 is 10.0 Å². The number of aliphatic hydroxyl groups excluding tert-OH is 1. The third kappa shape index (κ3) is 4.55. The molecular weight excluding hydrogens is 278 g/mol. The summed E-state index contributed by atoms with van der Waals surface area (Å²) in [4.78, 5) is 16.1. The molecule has 5 nitrogen and oxygen atoms in total. The second-order valence-electron chi connectivity index (χ2n) is 5.62. The Balaban J connectivity index is 3.00. The first-order valence-corrected chi connectivity index (χ1v) is 7.47. The predicted molar refractivity (Wildman–Crippen MR) is 87.7 cm³/mol. The number of benzene rings is 1. The van der Waals surface area contributed by atoms with Crippen molar-refractivity contribution in [2.24, 2.45) is 0 Å². The zero-order valence-electron chi connectivity index (χ0n) is 13.8. The van der Waals surface area contributed by atoms with Crippen LogP contribution in [0.25, 0.3) is 0 Å². The van der Waals surface area contributed by atoms with Crippen LogP contribution < -0.4 is 4.90 Å². The second-order valence-corrected chi connectivity index (χ2v) is 5.62. The summed E-state index contributed by atoms with van der Waals surface area (Å²) >= 11 is 0. The van der Waals surface area contributed by atoms with Gasteiger partial charge in [-0.15, -0.1) is 0 Å². The van der Waals surface area contributed by atoms with Crippen LogP contribution in [0, 0.1) is 25.2 Å². The fourth-order valence-corrected chi connectivity index (χ4v) is 2.16. The minimum Gasteiger partial charge on any atom is -0.395 e. The molecule has 0 fully saturated rings. The van der Waals surface area contributed by atoms with Gasteiger partial charge in [0.05, 0.1) is 25.6 Å². The zero-order valence-corrected chi connectivity index (χ0v) is 13.8. The smallest absolute Gasteiger partial charge is 0.241 e. The lowest BCUT2D eigenvalue weighted by atomic mass is 10.1. The van der Waals surface area contributed by atoms with E-state index < -0.39 is 0 Å². The lowest BCUT2D eigenvalue weighted by Gasteiger charge is -2.28. The van der Waals surface area contributed by atoms with E-state index in [0.717, 1.165) is 16.8 Å². The van der Waals surface area contributed by atoms with Crippen molar-refractivity contribution in [3.8, 4) is 6.07 Å². The molecule has 5 heteroatoms. The van der Waals surface area contributed by atoms with E-state index in [1.165, 1.54) is 0 Å². The van der Waals surface area contributed by atoms with Gasteiger partial charge in [-0.2, -0.15) is 5.26 Å². The molecule has 0 heterocycles. The summed E-state index contributed by atoms with van der Waals surface area (Å²) in [5.74, 6) is -0.0632. The van der Waals surface area contributed by atoms with Crippen molar-refractivity contribution in [1.82, 2.24) is 4.90 Å². The van der Waals surface area contributed by atoms with Crippen molar-refractivity contribution in [2.45, 2.75) is 33.2 Å². The van der Waals surface area contributed by atoms with Crippen LogP contribution in [0.15, 0.2) is 18.2 Å². The molecule has 1 amide bonds. The first-order valence-electron chi connectivity index (χ1n) is 7.47. The van der Waals surface area contributed by atoms with Crippen LogP contribution in [0.2, 0.25) is 0 Å². The zero-order chi connectivity index (χ0) is 16.7. The summed E-state index contributed by atoms with van der Waals surface area (Å²) in [5.41, 5.74) is 3.02. The first-order chi connectivity index (χ1) is 10.4. The van der Waals surface area contributed by atoms with Crippen LogP contribution in [-0.2, 0) is 4.79 Å². The molecule has 1 unspecified atom stereocenters. The highest BCUT2D eigenvalue weighted by Gasteiger charge is 2.21. The Morgan fingerprint density at radius 2 is 2.09 bits per heavy atom. The van der Waals surface area contributed by atoms with Crippen LogP contribution in [-0.4, -0.2) is 48.7 Å². The summed E-state index contributed by atoms with van der Waals surface area (Å²) in [6.45, 7) is 6.45. The molecule has 0 aliphatic carbocycles. The van der Waals surface area contributed by atoms with Gasteiger partial charge in [0.15, 0.2) is 0 Å². The van der Waals surface area contributed by atoms with E-state index in [9.17, 15) is 9.90 Å². The number of nitriles is 1. The van der Waals surface area contributed by atoms with Gasteiger partial charge in [0, 0.05) is 18.3 Å². The van der Waals surface area contributed by atoms with Crippen LogP contribution in [0.5, 0.6) is 0 Å². The number of nitrogens with zero attached hydrogens (tertiary/aromatic N) is 3. The molecule has 0 aromatic heterocycles. The maximum Gasteiger partial charge on any atom is 0.241 e. The lowest BCUT2D eigenvalue weighted by molar-refractivity contribution is -0.120. The molecule has 0 radical (unpaired) electrons. The molecule has 0 saturated heterocycles. The average molecular weight is 303 g/mol. The largest absolute Gasteiger partial charge is 0.395 e. The molecule has 1 N–H and O–H groups in total. The number of aryl methyl sites for hydroxylation is 1. The highest BCUT2D eigenvalue weighted by Crippen LogP contribution is 2.23. The summed E-state index contributed by atoms with van der Waals surface area (Å²) in [5, 5.41) is 18.0. The highest BCUT2D eigenvalue weighted by molar-refractivity contribution is 5.95. The first kappa shape index (κ1) is 18.1. The van der Waals surface area contributed by atoms with Crippen molar-refractivity contribution >= 4 is 11.6 Å². The van der Waals surface area contributed by atoms with Crippen molar-refractivity contribution in [2.75, 3.05) is 31.6 Å². The number of hydrogen-bond acceptors (Lipinski definition) is 4. The maximum atomic E-state index is 12.6. The minimum absolute atomic E-state index is 0.00541. The van der Waals surface area contributed by atoms with E-state index in [1.807, 2.05) is 50.9 Å². The monoisotopic (exact) mass is 303 g/mol. The molecule has 1 aromatic carbocycles. The van der Waals surface area contributed by atoms with E-state index in [0.29, 0.717) is 13.0 Å². The predicted octanol–water partition coefficient (Wildman–Crippen LogP) is 1.86. The molecule has 0 saturated carbocycles. The quantitative estimate of drug-likeness (QED) is 0.835.